The van der Waals surface area contributed by atoms with Crippen LogP contribution in [0.1, 0.15) is 50.7 Å². The van der Waals surface area contributed by atoms with E-state index in [1.165, 1.54) is 0 Å². The van der Waals surface area contributed by atoms with E-state index in [2.05, 4.69) is 23.6 Å². The first-order valence-corrected chi connectivity index (χ1v) is 15.9. The van der Waals surface area contributed by atoms with Crippen molar-refractivity contribution in [1.29, 1.82) is 0 Å². The molecular weight excluding hydrogens is 639 g/mol. The Kier molecular flexibility index (Phi) is 20.2. The zero-order valence-corrected chi connectivity index (χ0v) is 29.0. The molecule has 47 heavy (non-hydrogen) atoms. The minimum absolute atomic E-state index is 0. The molecule has 0 aliphatic heterocycles. The van der Waals surface area contributed by atoms with Gasteiger partial charge in [-0.15, -0.1) is 0 Å². The summed E-state index contributed by atoms with van der Waals surface area (Å²) in [5, 5.41) is 62.5. The van der Waals surface area contributed by atoms with Crippen LogP contribution in [0, 0.1) is 0 Å². The second kappa shape index (κ2) is 22.9. The van der Waals surface area contributed by atoms with Gasteiger partial charge < -0.3 is 40.4 Å². The predicted molar refractivity (Wildman–Crippen MR) is 183 cm³/mol. The molecule has 4 N–H and O–H groups in total. The number of phenols is 2. The van der Waals surface area contributed by atoms with Gasteiger partial charge in [0.1, 0.15) is 11.5 Å². The number of rotatable bonds is 13. The number of nitrogens with zero attached hydrogens (tertiary/aromatic N) is 2. The van der Waals surface area contributed by atoms with Gasteiger partial charge in [-0.25, -0.2) is 0 Å². The van der Waals surface area contributed by atoms with E-state index in [9.17, 15) is 20.4 Å². The van der Waals surface area contributed by atoms with Gasteiger partial charge in [-0.2, -0.15) is 0 Å². The average molecular weight is 690 g/mol. The van der Waals surface area contributed by atoms with Crippen LogP contribution in [-0.2, 0) is 29.6 Å². The molecule has 8 nitrogen and oxygen atoms in total. The Bertz CT molecular complexity index is 1340. The number of unbranched alkanes of at least 4 members (excludes halogenated alkanes) is 2. The van der Waals surface area contributed by atoms with Gasteiger partial charge in [-0.1, -0.05) is 111 Å². The number of hydrogen-bond donors (Lipinski definition) is 4. The molecule has 0 unspecified atom stereocenters. The molecule has 0 heterocycles. The summed E-state index contributed by atoms with van der Waals surface area (Å²) in [7, 11) is 3.91. The Morgan fingerprint density at radius 3 is 1.17 bits per heavy atom. The summed E-state index contributed by atoms with van der Waals surface area (Å²) in [6.07, 6.45) is 4.08. The van der Waals surface area contributed by atoms with E-state index in [-0.39, 0.29) is 39.5 Å². The molecule has 0 spiro atoms. The van der Waals surface area contributed by atoms with Crippen molar-refractivity contribution in [3.05, 3.63) is 96.1 Å². The summed E-state index contributed by atoms with van der Waals surface area (Å²) in [5.74, 6) is 0.00407. The van der Waals surface area contributed by atoms with E-state index in [1.54, 1.807) is 60.7 Å². The van der Waals surface area contributed by atoms with Gasteiger partial charge in [0.25, 0.3) is 0 Å². The fraction of sp³-hybridized carbons (Fsp3) is 0.368. The molecule has 0 atom stereocenters. The van der Waals surface area contributed by atoms with E-state index in [0.29, 0.717) is 72.8 Å². The summed E-state index contributed by atoms with van der Waals surface area (Å²) in [6.45, 7) is 7.14. The van der Waals surface area contributed by atoms with Crippen molar-refractivity contribution in [2.24, 2.45) is 0 Å². The van der Waals surface area contributed by atoms with Crippen LogP contribution < -0.4 is 10.2 Å². The summed E-state index contributed by atoms with van der Waals surface area (Å²) < 4.78 is 0. The molecule has 0 saturated heterocycles. The van der Waals surface area contributed by atoms with Gasteiger partial charge in [-0.05, 0) is 61.3 Å². The number of benzene rings is 4. The molecule has 0 aromatic heterocycles. The third kappa shape index (κ3) is 13.6. The molecule has 0 aliphatic carbocycles. The zero-order valence-electron chi connectivity index (χ0n) is 28.0. The first-order chi connectivity index (χ1) is 22.2. The summed E-state index contributed by atoms with van der Waals surface area (Å²) in [6, 6.07) is 24.5. The van der Waals surface area contributed by atoms with Crippen LogP contribution in [0.3, 0.4) is 0 Å². The molecule has 0 aliphatic rings. The van der Waals surface area contributed by atoms with Crippen molar-refractivity contribution in [2.45, 2.75) is 52.6 Å². The first-order valence-electron chi connectivity index (χ1n) is 15.9. The van der Waals surface area contributed by atoms with E-state index in [4.69, 9.17) is 10.2 Å². The maximum atomic E-state index is 13.0. The Labute approximate surface area is 290 Å². The maximum Gasteiger partial charge on any atom is 2.00 e. The van der Waals surface area contributed by atoms with Gasteiger partial charge in [0, 0.05) is 50.5 Å². The molecular formula is C38H50N2NiO6. The van der Waals surface area contributed by atoms with Crippen molar-refractivity contribution in [2.75, 3.05) is 40.4 Å². The predicted octanol–water partition coefficient (Wildman–Crippen LogP) is 5.70. The number of aromatic hydroxyl groups is 2. The SMILES string of the molecule is CCCCO.CCCCO.CN(CCN(C)Cc1cccc(-c2ccccc2O)c1[O-])Cc1cccc(-c2ccccc2O)c1[O-].[Ni+2]. The van der Waals surface area contributed by atoms with E-state index < -0.39 is 0 Å². The van der Waals surface area contributed by atoms with Crippen molar-refractivity contribution in [3.8, 4) is 45.3 Å². The maximum absolute atomic E-state index is 13.0. The number of likely N-dealkylation sites (N-methyl/N-ethyl adjacent to an activating group) is 2. The zero-order chi connectivity index (χ0) is 33.9. The molecule has 4 aromatic rings. The topological polar surface area (TPSA) is 134 Å². The number of hydrogen-bond acceptors (Lipinski definition) is 8. The van der Waals surface area contributed by atoms with Gasteiger partial charge in [0.05, 0.1) is 0 Å². The average Bonchev–Trinajstić information content (AvgIpc) is 3.04. The number of aliphatic hydroxyl groups excluding tert-OH is 2. The molecule has 0 fully saturated rings. The third-order valence-electron chi connectivity index (χ3n) is 7.35. The smallest absolute Gasteiger partial charge is 0.872 e. The van der Waals surface area contributed by atoms with Crippen molar-refractivity contribution in [3.63, 3.8) is 0 Å². The third-order valence-corrected chi connectivity index (χ3v) is 7.35. The van der Waals surface area contributed by atoms with E-state index >= 15 is 0 Å². The van der Waals surface area contributed by atoms with Gasteiger partial charge in [0.15, 0.2) is 0 Å². The van der Waals surface area contributed by atoms with Crippen LogP contribution in [0.2, 0.25) is 0 Å². The Morgan fingerprint density at radius 1 is 0.532 bits per heavy atom. The number of para-hydroxylation sites is 4. The molecule has 0 bridgehead atoms. The van der Waals surface area contributed by atoms with Crippen LogP contribution in [0.25, 0.3) is 22.3 Å². The molecule has 258 valence electrons. The summed E-state index contributed by atoms with van der Waals surface area (Å²) in [5.41, 5.74) is 3.38. The van der Waals surface area contributed by atoms with Gasteiger partial charge in [-0.3, -0.25) is 0 Å². The second-order valence-electron chi connectivity index (χ2n) is 11.3. The normalized spacial score (nSPS) is 10.5. The van der Waals surface area contributed by atoms with Crippen LogP contribution in [0.5, 0.6) is 23.0 Å². The molecule has 0 radical (unpaired) electrons. The summed E-state index contributed by atoms with van der Waals surface area (Å²) >= 11 is 0. The summed E-state index contributed by atoms with van der Waals surface area (Å²) in [4.78, 5) is 4.14. The van der Waals surface area contributed by atoms with Crippen molar-refractivity contribution >= 4 is 0 Å². The minimum Gasteiger partial charge on any atom is -0.872 e. The number of phenolic OH excluding ortho intramolecular Hbond substituents is 2. The van der Waals surface area contributed by atoms with Crippen LogP contribution in [0.4, 0.5) is 0 Å². The Hall–Kier alpha value is -3.59. The Balaban J connectivity index is 0.000000878. The number of aliphatic hydroxyl groups is 2. The van der Waals surface area contributed by atoms with Gasteiger partial charge in [0.2, 0.25) is 0 Å². The fourth-order valence-corrected chi connectivity index (χ4v) is 4.64. The van der Waals surface area contributed by atoms with Crippen molar-refractivity contribution < 1.29 is 47.1 Å². The van der Waals surface area contributed by atoms with Crippen LogP contribution in [-0.4, -0.2) is 70.6 Å². The van der Waals surface area contributed by atoms with Crippen LogP contribution >= 0.6 is 0 Å². The largest absolute Gasteiger partial charge is 2.00 e. The van der Waals surface area contributed by atoms with Gasteiger partial charge >= 0.3 is 16.5 Å². The monoisotopic (exact) mass is 688 g/mol. The standard InChI is InChI=1S/C30H32N2O4.2C4H10O.Ni/c1-31(19-21-9-7-13-25(29(21)35)23-11-3-5-15-27(23)33)17-18-32(2)20-22-10-8-14-26(30(22)36)24-12-4-6-16-28(24)34;2*1-2-3-4-5;/h3-16,33-36H,17-20H2,1-2H3;2*5H,2-4H2,1H3;/q;;;+2/p-2. The molecule has 0 amide bonds. The van der Waals surface area contributed by atoms with E-state index in [1.807, 2.05) is 38.4 Å². The van der Waals surface area contributed by atoms with E-state index in [0.717, 1.165) is 25.7 Å². The molecule has 4 aromatic carbocycles. The quantitative estimate of drug-likeness (QED) is 0.132. The minimum atomic E-state index is -0.0869. The van der Waals surface area contributed by atoms with Crippen molar-refractivity contribution in [1.82, 2.24) is 9.80 Å². The van der Waals surface area contributed by atoms with Crippen LogP contribution in [0.15, 0.2) is 84.9 Å². The molecule has 4 rings (SSSR count). The first kappa shape index (κ1) is 41.4. The molecule has 0 saturated carbocycles. The fourth-order valence-electron chi connectivity index (χ4n) is 4.64. The second-order valence-corrected chi connectivity index (χ2v) is 11.3. The Morgan fingerprint density at radius 2 is 0.872 bits per heavy atom. The molecule has 9 heteroatoms.